The van der Waals surface area contributed by atoms with Crippen LogP contribution in [0.3, 0.4) is 0 Å². The zero-order valence-corrected chi connectivity index (χ0v) is 12.4. The number of morpholine rings is 1. The number of hydrogen-bond donors (Lipinski definition) is 1. The SMILES string of the molecule is FC(F)(F)C1CCC(NCC2CN3CCCC3CO2)CC1. The van der Waals surface area contributed by atoms with Crippen LogP contribution in [0.25, 0.3) is 0 Å². The van der Waals surface area contributed by atoms with E-state index in [0.717, 1.165) is 19.7 Å². The molecule has 2 heterocycles. The van der Waals surface area contributed by atoms with Gasteiger partial charge in [0.15, 0.2) is 0 Å². The van der Waals surface area contributed by atoms with E-state index in [1.807, 2.05) is 0 Å². The van der Waals surface area contributed by atoms with Gasteiger partial charge < -0.3 is 10.1 Å². The molecule has 2 aliphatic heterocycles. The second-order valence-corrected chi connectivity index (χ2v) is 6.74. The quantitative estimate of drug-likeness (QED) is 0.867. The maximum absolute atomic E-state index is 12.6. The van der Waals surface area contributed by atoms with E-state index in [2.05, 4.69) is 10.2 Å². The van der Waals surface area contributed by atoms with Crippen LogP contribution in [0, 0.1) is 5.92 Å². The van der Waals surface area contributed by atoms with E-state index in [-0.39, 0.29) is 25.0 Å². The number of nitrogens with zero attached hydrogens (tertiary/aromatic N) is 1. The molecule has 3 rings (SSSR count). The normalized spacial score (nSPS) is 38.4. The number of nitrogens with one attached hydrogen (secondary N) is 1. The maximum Gasteiger partial charge on any atom is 0.391 e. The summed E-state index contributed by atoms with van der Waals surface area (Å²) in [6, 6.07) is 0.826. The Morgan fingerprint density at radius 3 is 2.57 bits per heavy atom. The van der Waals surface area contributed by atoms with E-state index in [0.29, 0.717) is 18.9 Å². The summed E-state index contributed by atoms with van der Waals surface area (Å²) in [7, 11) is 0. The molecule has 2 atom stereocenters. The number of rotatable bonds is 3. The van der Waals surface area contributed by atoms with Crippen molar-refractivity contribution in [3.8, 4) is 0 Å². The molecule has 0 aromatic rings. The van der Waals surface area contributed by atoms with Crippen molar-refractivity contribution < 1.29 is 17.9 Å². The molecule has 0 bridgehead atoms. The summed E-state index contributed by atoms with van der Waals surface area (Å²) in [5, 5.41) is 3.42. The highest BCUT2D eigenvalue weighted by Gasteiger charge is 2.41. The van der Waals surface area contributed by atoms with Gasteiger partial charge in [-0.2, -0.15) is 13.2 Å². The molecule has 21 heavy (non-hydrogen) atoms. The fourth-order valence-corrected chi connectivity index (χ4v) is 3.93. The Kier molecular flexibility index (Phi) is 4.76. The predicted octanol–water partition coefficient (Wildman–Crippen LogP) is 2.56. The number of fused-ring (bicyclic) bond motifs is 1. The molecule has 122 valence electrons. The van der Waals surface area contributed by atoms with Crippen molar-refractivity contribution in [2.75, 3.05) is 26.2 Å². The Bertz CT molecular complexity index is 342. The topological polar surface area (TPSA) is 24.5 Å². The van der Waals surface area contributed by atoms with E-state index in [9.17, 15) is 13.2 Å². The number of halogens is 3. The Labute approximate surface area is 124 Å². The van der Waals surface area contributed by atoms with Gasteiger partial charge in [-0.25, -0.2) is 0 Å². The molecule has 1 N–H and O–H groups in total. The summed E-state index contributed by atoms with van der Waals surface area (Å²) in [4.78, 5) is 2.50. The molecule has 6 heteroatoms. The van der Waals surface area contributed by atoms with E-state index < -0.39 is 12.1 Å². The van der Waals surface area contributed by atoms with Gasteiger partial charge >= 0.3 is 6.18 Å². The van der Waals surface area contributed by atoms with Crippen LogP contribution in [0.15, 0.2) is 0 Å². The predicted molar refractivity (Wildman–Crippen MR) is 74.1 cm³/mol. The molecule has 3 aliphatic rings. The van der Waals surface area contributed by atoms with Crippen LogP contribution in [0.5, 0.6) is 0 Å². The first kappa shape index (κ1) is 15.6. The van der Waals surface area contributed by atoms with Crippen LogP contribution in [0.2, 0.25) is 0 Å². The van der Waals surface area contributed by atoms with Crippen molar-refractivity contribution in [2.24, 2.45) is 5.92 Å². The first-order valence-electron chi connectivity index (χ1n) is 8.18. The fourth-order valence-electron chi connectivity index (χ4n) is 3.93. The largest absolute Gasteiger partial charge is 0.391 e. The van der Waals surface area contributed by atoms with Crippen molar-refractivity contribution in [1.29, 1.82) is 0 Å². The molecule has 0 aromatic heterocycles. The van der Waals surface area contributed by atoms with Crippen LogP contribution in [-0.4, -0.2) is 55.5 Å². The molecule has 1 saturated carbocycles. The van der Waals surface area contributed by atoms with Crippen molar-refractivity contribution in [3.63, 3.8) is 0 Å². The molecule has 3 fully saturated rings. The van der Waals surface area contributed by atoms with Gasteiger partial charge in [-0.05, 0) is 45.1 Å². The van der Waals surface area contributed by atoms with Gasteiger partial charge in [0.1, 0.15) is 0 Å². The second kappa shape index (κ2) is 6.42. The molecule has 2 saturated heterocycles. The Morgan fingerprint density at radius 2 is 1.86 bits per heavy atom. The van der Waals surface area contributed by atoms with E-state index in [4.69, 9.17) is 4.74 Å². The number of hydrogen-bond acceptors (Lipinski definition) is 3. The van der Waals surface area contributed by atoms with Crippen molar-refractivity contribution in [3.05, 3.63) is 0 Å². The smallest absolute Gasteiger partial charge is 0.374 e. The van der Waals surface area contributed by atoms with Gasteiger partial charge in [0.05, 0.1) is 18.6 Å². The van der Waals surface area contributed by atoms with Gasteiger partial charge in [-0.15, -0.1) is 0 Å². The van der Waals surface area contributed by atoms with Gasteiger partial charge in [0, 0.05) is 25.2 Å². The Hall–Kier alpha value is -0.330. The van der Waals surface area contributed by atoms with Crippen molar-refractivity contribution in [2.45, 2.75) is 62.9 Å². The lowest BCUT2D eigenvalue weighted by molar-refractivity contribution is -0.182. The van der Waals surface area contributed by atoms with Crippen molar-refractivity contribution in [1.82, 2.24) is 10.2 Å². The third kappa shape index (κ3) is 3.90. The summed E-state index contributed by atoms with van der Waals surface area (Å²) in [5.74, 6) is -1.09. The minimum absolute atomic E-state index is 0.194. The van der Waals surface area contributed by atoms with Crippen LogP contribution in [0.4, 0.5) is 13.2 Å². The van der Waals surface area contributed by atoms with Gasteiger partial charge in [0.2, 0.25) is 0 Å². The molecule has 1 aliphatic carbocycles. The summed E-state index contributed by atoms with van der Waals surface area (Å²) in [6.45, 7) is 3.72. The summed E-state index contributed by atoms with van der Waals surface area (Å²) < 4.78 is 43.7. The molecule has 0 spiro atoms. The lowest BCUT2D eigenvalue weighted by Crippen LogP contribution is -2.51. The summed E-state index contributed by atoms with van der Waals surface area (Å²) >= 11 is 0. The highest BCUT2D eigenvalue weighted by Crippen LogP contribution is 2.37. The molecule has 0 aromatic carbocycles. The first-order valence-corrected chi connectivity index (χ1v) is 8.18. The lowest BCUT2D eigenvalue weighted by atomic mass is 9.85. The Morgan fingerprint density at radius 1 is 1.10 bits per heavy atom. The van der Waals surface area contributed by atoms with Gasteiger partial charge in [0.25, 0.3) is 0 Å². The fraction of sp³-hybridized carbons (Fsp3) is 1.00. The minimum atomic E-state index is -4.01. The van der Waals surface area contributed by atoms with Crippen LogP contribution < -0.4 is 5.32 Å². The van der Waals surface area contributed by atoms with Crippen LogP contribution in [-0.2, 0) is 4.74 Å². The molecule has 2 unspecified atom stereocenters. The van der Waals surface area contributed by atoms with E-state index in [1.54, 1.807) is 0 Å². The Balaban J connectivity index is 1.37. The molecule has 3 nitrogen and oxygen atoms in total. The monoisotopic (exact) mass is 306 g/mol. The van der Waals surface area contributed by atoms with Gasteiger partial charge in [-0.3, -0.25) is 4.90 Å². The third-order valence-electron chi connectivity index (χ3n) is 5.29. The van der Waals surface area contributed by atoms with Crippen molar-refractivity contribution >= 4 is 0 Å². The van der Waals surface area contributed by atoms with Crippen LogP contribution in [0.1, 0.15) is 38.5 Å². The average molecular weight is 306 g/mol. The summed E-state index contributed by atoms with van der Waals surface area (Å²) in [6.07, 6.45) is 0.466. The maximum atomic E-state index is 12.6. The third-order valence-corrected chi connectivity index (χ3v) is 5.29. The lowest BCUT2D eigenvalue weighted by Gasteiger charge is -2.37. The van der Waals surface area contributed by atoms with Gasteiger partial charge in [-0.1, -0.05) is 0 Å². The van der Waals surface area contributed by atoms with Crippen LogP contribution >= 0.6 is 0 Å². The highest BCUT2D eigenvalue weighted by atomic mass is 19.4. The number of alkyl halides is 3. The number of ether oxygens (including phenoxy) is 1. The van der Waals surface area contributed by atoms with E-state index >= 15 is 0 Å². The molecular formula is C15H25F3N2O. The zero-order valence-electron chi connectivity index (χ0n) is 12.4. The minimum Gasteiger partial charge on any atom is -0.374 e. The zero-order chi connectivity index (χ0) is 14.9. The summed E-state index contributed by atoms with van der Waals surface area (Å²) in [5.41, 5.74) is 0. The average Bonchev–Trinajstić information content (AvgIpc) is 2.92. The first-order chi connectivity index (χ1) is 10.0. The molecule has 0 amide bonds. The molecule has 0 radical (unpaired) electrons. The highest BCUT2D eigenvalue weighted by molar-refractivity contribution is 4.87. The second-order valence-electron chi connectivity index (χ2n) is 6.74. The molecular weight excluding hydrogens is 281 g/mol. The standard InChI is InChI=1S/C15H25F3N2O/c16-15(17,18)11-3-5-12(6-4-11)19-8-14-9-20-7-1-2-13(20)10-21-14/h11-14,19H,1-10H2. The van der Waals surface area contributed by atoms with E-state index in [1.165, 1.54) is 19.4 Å².